The Labute approximate surface area is 146 Å². The molecule has 0 heterocycles. The van der Waals surface area contributed by atoms with E-state index < -0.39 is 0 Å². The van der Waals surface area contributed by atoms with Crippen LogP contribution in [0.2, 0.25) is 5.02 Å². The Kier molecular flexibility index (Phi) is 4.83. The predicted molar refractivity (Wildman–Crippen MR) is 97.4 cm³/mol. The van der Waals surface area contributed by atoms with Crippen molar-refractivity contribution in [1.82, 2.24) is 4.90 Å². The van der Waals surface area contributed by atoms with Gasteiger partial charge in [0.15, 0.2) is 5.11 Å². The van der Waals surface area contributed by atoms with E-state index in [2.05, 4.69) is 10.2 Å². The van der Waals surface area contributed by atoms with Gasteiger partial charge in [0.2, 0.25) is 0 Å². The summed E-state index contributed by atoms with van der Waals surface area (Å²) in [5.74, 6) is -0.199. The second kappa shape index (κ2) is 6.85. The van der Waals surface area contributed by atoms with E-state index in [-0.39, 0.29) is 5.82 Å². The number of halogens is 2. The molecular weight excluding hydrogens is 331 g/mol. The van der Waals surface area contributed by atoms with Gasteiger partial charge in [0.25, 0.3) is 0 Å². The fraction of sp³-hybridized carbons (Fsp3) is 0.278. The molecule has 2 aromatic rings. The largest absolute Gasteiger partial charge is 0.342 e. The molecule has 1 aliphatic carbocycles. The van der Waals surface area contributed by atoms with E-state index >= 15 is 0 Å². The van der Waals surface area contributed by atoms with Crippen LogP contribution in [0.3, 0.4) is 0 Å². The molecule has 2 nitrogen and oxygen atoms in total. The van der Waals surface area contributed by atoms with Gasteiger partial charge in [0, 0.05) is 18.2 Å². The number of aryl methyl sites for hydroxylation is 1. The number of nitrogens with zero attached hydrogens (tertiary/aromatic N) is 1. The minimum Gasteiger partial charge on any atom is -0.342 e. The number of para-hydroxylation sites is 1. The topological polar surface area (TPSA) is 15.3 Å². The molecule has 0 saturated heterocycles. The summed E-state index contributed by atoms with van der Waals surface area (Å²) >= 11 is 11.8. The molecule has 0 aromatic heterocycles. The molecule has 0 atom stereocenters. The predicted octanol–water partition coefficient (Wildman–Crippen LogP) is 5.15. The molecule has 0 unspecified atom stereocenters. The molecule has 23 heavy (non-hydrogen) atoms. The number of anilines is 1. The highest BCUT2D eigenvalue weighted by Crippen LogP contribution is 2.31. The molecule has 0 radical (unpaired) electrons. The van der Waals surface area contributed by atoms with E-state index in [0.29, 0.717) is 28.3 Å². The van der Waals surface area contributed by atoms with Crippen molar-refractivity contribution < 1.29 is 4.39 Å². The summed E-state index contributed by atoms with van der Waals surface area (Å²) in [4.78, 5) is 2.05. The number of rotatable bonds is 4. The third-order valence-corrected chi connectivity index (χ3v) is 4.65. The summed E-state index contributed by atoms with van der Waals surface area (Å²) in [6.07, 6.45) is 2.16. The van der Waals surface area contributed by atoms with Crippen LogP contribution in [-0.4, -0.2) is 16.1 Å². The summed E-state index contributed by atoms with van der Waals surface area (Å²) in [5.41, 5.74) is 2.50. The van der Waals surface area contributed by atoms with Gasteiger partial charge >= 0.3 is 0 Å². The monoisotopic (exact) mass is 348 g/mol. The number of benzene rings is 2. The molecule has 3 rings (SSSR count). The van der Waals surface area contributed by atoms with Crippen molar-refractivity contribution in [3.8, 4) is 0 Å². The van der Waals surface area contributed by atoms with E-state index in [1.165, 1.54) is 6.07 Å². The Balaban J connectivity index is 1.79. The normalized spacial score (nSPS) is 13.7. The van der Waals surface area contributed by atoms with Crippen molar-refractivity contribution in [2.24, 2.45) is 0 Å². The fourth-order valence-corrected chi connectivity index (χ4v) is 3.12. The summed E-state index contributed by atoms with van der Waals surface area (Å²) in [5, 5.41) is 4.47. The highest BCUT2D eigenvalue weighted by molar-refractivity contribution is 7.80. The summed E-state index contributed by atoms with van der Waals surface area (Å²) in [6.45, 7) is 2.45. The molecule has 1 saturated carbocycles. The van der Waals surface area contributed by atoms with Crippen LogP contribution in [0.5, 0.6) is 0 Å². The first-order valence-corrected chi connectivity index (χ1v) is 8.41. The molecule has 0 aliphatic heterocycles. The maximum atomic E-state index is 13.9. The molecule has 120 valence electrons. The van der Waals surface area contributed by atoms with Gasteiger partial charge in [-0.2, -0.15) is 0 Å². The van der Waals surface area contributed by atoms with Crippen LogP contribution < -0.4 is 5.32 Å². The van der Waals surface area contributed by atoms with Crippen LogP contribution in [0.4, 0.5) is 10.1 Å². The van der Waals surface area contributed by atoms with Gasteiger partial charge in [-0.1, -0.05) is 41.9 Å². The van der Waals surface area contributed by atoms with Crippen molar-refractivity contribution in [2.75, 3.05) is 5.32 Å². The zero-order valence-corrected chi connectivity index (χ0v) is 14.4. The van der Waals surface area contributed by atoms with E-state index in [1.807, 2.05) is 31.2 Å². The lowest BCUT2D eigenvalue weighted by Crippen LogP contribution is -2.36. The third-order valence-electron chi connectivity index (χ3n) is 4.00. The van der Waals surface area contributed by atoms with Crippen LogP contribution in [0.25, 0.3) is 0 Å². The minimum absolute atomic E-state index is 0.199. The van der Waals surface area contributed by atoms with Crippen LogP contribution in [0, 0.1) is 12.7 Å². The number of thiocarbonyl (C=S) groups is 1. The highest BCUT2D eigenvalue weighted by Gasteiger charge is 2.31. The molecule has 0 amide bonds. The summed E-state index contributed by atoms with van der Waals surface area (Å²) in [7, 11) is 0. The van der Waals surface area contributed by atoms with E-state index in [9.17, 15) is 4.39 Å². The lowest BCUT2D eigenvalue weighted by Gasteiger charge is -2.27. The second-order valence-corrected chi connectivity index (χ2v) is 6.61. The first-order chi connectivity index (χ1) is 11.1. The molecule has 2 aromatic carbocycles. The molecule has 1 fully saturated rings. The van der Waals surface area contributed by atoms with E-state index in [1.54, 1.807) is 12.1 Å². The van der Waals surface area contributed by atoms with Gasteiger partial charge in [-0.05, 0) is 49.7 Å². The lowest BCUT2D eigenvalue weighted by atomic mass is 10.2. The van der Waals surface area contributed by atoms with Crippen LogP contribution in [0.1, 0.15) is 24.0 Å². The Hall–Kier alpha value is -1.65. The average Bonchev–Trinajstić information content (AvgIpc) is 3.35. The number of nitrogens with one attached hydrogen (secondary N) is 1. The van der Waals surface area contributed by atoms with Gasteiger partial charge in [-0.3, -0.25) is 0 Å². The zero-order valence-electron chi connectivity index (χ0n) is 12.9. The average molecular weight is 349 g/mol. The minimum atomic E-state index is -0.199. The van der Waals surface area contributed by atoms with Gasteiger partial charge in [-0.25, -0.2) is 4.39 Å². The molecule has 0 bridgehead atoms. The standard InChI is InChI=1S/C18H18ClFN2S/c1-12-5-4-7-15(19)17(12)21-18(23)22(14-9-10-14)11-13-6-2-3-8-16(13)20/h2-8,14H,9-11H2,1H3,(H,21,23). The Bertz CT molecular complexity index is 710. The van der Waals surface area contributed by atoms with Crippen LogP contribution >= 0.6 is 23.8 Å². The number of hydrogen-bond donors (Lipinski definition) is 1. The molecule has 5 heteroatoms. The van der Waals surface area contributed by atoms with Crippen molar-refractivity contribution in [1.29, 1.82) is 0 Å². The molecule has 1 aliphatic rings. The summed E-state index contributed by atoms with van der Waals surface area (Å²) in [6, 6.07) is 12.9. The molecular formula is C18H18ClFN2S. The van der Waals surface area contributed by atoms with Crippen molar-refractivity contribution in [2.45, 2.75) is 32.4 Å². The Morgan fingerprint density at radius 3 is 2.65 bits per heavy atom. The van der Waals surface area contributed by atoms with Crippen molar-refractivity contribution >= 4 is 34.6 Å². The Morgan fingerprint density at radius 2 is 2.00 bits per heavy atom. The lowest BCUT2D eigenvalue weighted by molar-refractivity contribution is 0.400. The van der Waals surface area contributed by atoms with Crippen LogP contribution in [0.15, 0.2) is 42.5 Å². The first kappa shape index (κ1) is 16.2. The first-order valence-electron chi connectivity index (χ1n) is 7.62. The Morgan fingerprint density at radius 1 is 1.26 bits per heavy atom. The van der Waals surface area contributed by atoms with Crippen molar-refractivity contribution in [3.05, 3.63) is 64.4 Å². The highest BCUT2D eigenvalue weighted by atomic mass is 35.5. The van der Waals surface area contributed by atoms with Crippen molar-refractivity contribution in [3.63, 3.8) is 0 Å². The second-order valence-electron chi connectivity index (χ2n) is 5.81. The van der Waals surface area contributed by atoms with Gasteiger partial charge in [0.1, 0.15) is 5.82 Å². The maximum Gasteiger partial charge on any atom is 0.174 e. The zero-order chi connectivity index (χ0) is 16.4. The number of hydrogen-bond acceptors (Lipinski definition) is 1. The van der Waals surface area contributed by atoms with Gasteiger partial charge < -0.3 is 10.2 Å². The van der Waals surface area contributed by atoms with E-state index in [4.69, 9.17) is 23.8 Å². The summed E-state index contributed by atoms with van der Waals surface area (Å²) < 4.78 is 13.9. The maximum absolute atomic E-state index is 13.9. The smallest absolute Gasteiger partial charge is 0.174 e. The van der Waals surface area contributed by atoms with Gasteiger partial charge in [0.05, 0.1) is 10.7 Å². The van der Waals surface area contributed by atoms with E-state index in [0.717, 1.165) is 24.1 Å². The quantitative estimate of drug-likeness (QED) is 0.769. The molecule has 1 N–H and O–H groups in total. The van der Waals surface area contributed by atoms with Crippen LogP contribution in [-0.2, 0) is 6.54 Å². The fourth-order valence-electron chi connectivity index (χ4n) is 2.53. The SMILES string of the molecule is Cc1cccc(Cl)c1NC(=S)N(Cc1ccccc1F)C1CC1. The molecule has 0 spiro atoms. The van der Waals surface area contributed by atoms with Gasteiger partial charge in [-0.15, -0.1) is 0 Å². The third kappa shape index (κ3) is 3.82.